The van der Waals surface area contributed by atoms with Gasteiger partial charge in [0.15, 0.2) is 12.2 Å². The molecule has 2 aromatic carbocycles. The van der Waals surface area contributed by atoms with Crippen LogP contribution in [0.1, 0.15) is 37.8 Å². The predicted molar refractivity (Wildman–Crippen MR) is 118 cm³/mol. The van der Waals surface area contributed by atoms with Gasteiger partial charge in [0.05, 0.1) is 0 Å². The lowest BCUT2D eigenvalue weighted by Gasteiger charge is -2.19. The average molecular weight is 413 g/mol. The molecule has 0 aromatic heterocycles. The quantitative estimate of drug-likeness (QED) is 0.554. The van der Waals surface area contributed by atoms with E-state index in [9.17, 15) is 9.59 Å². The maximum absolute atomic E-state index is 12.4. The molecular formula is C24H32N2O4. The van der Waals surface area contributed by atoms with Gasteiger partial charge >= 0.3 is 0 Å². The fourth-order valence-electron chi connectivity index (χ4n) is 2.81. The molecule has 0 bridgehead atoms. The molecule has 162 valence electrons. The monoisotopic (exact) mass is 412 g/mol. The number of hydrogen-bond donors (Lipinski definition) is 2. The molecule has 2 amide bonds. The molecule has 0 aliphatic rings. The fraction of sp³-hybridized carbons (Fsp3) is 0.417. The third-order valence-electron chi connectivity index (χ3n) is 4.65. The summed E-state index contributed by atoms with van der Waals surface area (Å²) in [4.78, 5) is 24.8. The molecule has 6 nitrogen and oxygen atoms in total. The second kappa shape index (κ2) is 11.9. The van der Waals surface area contributed by atoms with E-state index < -0.39 is 12.2 Å². The molecule has 2 N–H and O–H groups in total. The third-order valence-corrected chi connectivity index (χ3v) is 4.65. The standard InChI is InChI=1S/C24H32N2O4/c1-5-21(29-19-11-7-17(3)8-12-19)23(27)25-15-16-26-24(28)22(6-2)30-20-13-9-18(4)10-14-20/h7-14,21-22H,5-6,15-16H2,1-4H3,(H,25,27)(H,26,28)/t21-,22+. The molecule has 30 heavy (non-hydrogen) atoms. The highest BCUT2D eigenvalue weighted by Crippen LogP contribution is 2.15. The second-order valence-electron chi connectivity index (χ2n) is 7.24. The Morgan fingerprint density at radius 1 is 0.700 bits per heavy atom. The van der Waals surface area contributed by atoms with Gasteiger partial charge in [0.2, 0.25) is 0 Å². The first-order valence-corrected chi connectivity index (χ1v) is 10.4. The molecule has 0 fully saturated rings. The number of carbonyl (C=O) groups excluding carboxylic acids is 2. The summed E-state index contributed by atoms with van der Waals surface area (Å²) in [5, 5.41) is 5.63. The maximum Gasteiger partial charge on any atom is 0.261 e. The third kappa shape index (κ3) is 7.43. The van der Waals surface area contributed by atoms with E-state index in [4.69, 9.17) is 9.47 Å². The van der Waals surface area contributed by atoms with Gasteiger partial charge < -0.3 is 20.1 Å². The van der Waals surface area contributed by atoms with Crippen LogP contribution in [0, 0.1) is 13.8 Å². The van der Waals surface area contributed by atoms with Crippen molar-refractivity contribution in [2.75, 3.05) is 13.1 Å². The summed E-state index contributed by atoms with van der Waals surface area (Å²) in [6.45, 7) is 8.43. The molecule has 0 heterocycles. The van der Waals surface area contributed by atoms with Gasteiger partial charge in [-0.1, -0.05) is 49.2 Å². The lowest BCUT2D eigenvalue weighted by molar-refractivity contribution is -0.129. The summed E-state index contributed by atoms with van der Waals surface area (Å²) in [6.07, 6.45) is -0.0451. The minimum absolute atomic E-state index is 0.199. The number of ether oxygens (including phenoxy) is 2. The first-order chi connectivity index (χ1) is 14.4. The van der Waals surface area contributed by atoms with Crippen LogP contribution < -0.4 is 20.1 Å². The number of hydrogen-bond acceptors (Lipinski definition) is 4. The Hall–Kier alpha value is -3.02. The van der Waals surface area contributed by atoms with Crippen LogP contribution >= 0.6 is 0 Å². The summed E-state index contributed by atoms with van der Waals surface area (Å²) < 4.78 is 11.5. The molecule has 2 aromatic rings. The van der Waals surface area contributed by atoms with Crippen molar-refractivity contribution in [1.29, 1.82) is 0 Å². The van der Waals surface area contributed by atoms with Crippen molar-refractivity contribution in [2.45, 2.75) is 52.7 Å². The normalized spacial score (nSPS) is 12.5. The van der Waals surface area contributed by atoms with E-state index >= 15 is 0 Å². The van der Waals surface area contributed by atoms with Crippen LogP contribution in [-0.4, -0.2) is 37.1 Å². The molecular weight excluding hydrogens is 380 g/mol. The molecule has 6 heteroatoms. The number of amides is 2. The Kier molecular flexibility index (Phi) is 9.19. The summed E-state index contributed by atoms with van der Waals surface area (Å²) in [7, 11) is 0. The summed E-state index contributed by atoms with van der Waals surface area (Å²) >= 11 is 0. The van der Waals surface area contributed by atoms with Gasteiger partial charge in [-0.2, -0.15) is 0 Å². The Balaban J connectivity index is 1.74. The van der Waals surface area contributed by atoms with E-state index in [2.05, 4.69) is 10.6 Å². The van der Waals surface area contributed by atoms with E-state index in [1.54, 1.807) is 0 Å². The first kappa shape index (κ1) is 23.3. The van der Waals surface area contributed by atoms with E-state index in [1.165, 1.54) is 0 Å². The van der Waals surface area contributed by atoms with Crippen LogP contribution in [0.5, 0.6) is 11.5 Å². The largest absolute Gasteiger partial charge is 0.481 e. The van der Waals surface area contributed by atoms with Gasteiger partial charge in [-0.05, 0) is 51.0 Å². The van der Waals surface area contributed by atoms with Crippen molar-refractivity contribution in [3.63, 3.8) is 0 Å². The van der Waals surface area contributed by atoms with Gasteiger partial charge in [0.1, 0.15) is 11.5 Å². The number of aryl methyl sites for hydroxylation is 2. The molecule has 0 spiro atoms. The Morgan fingerprint density at radius 3 is 1.33 bits per heavy atom. The summed E-state index contributed by atoms with van der Waals surface area (Å²) in [5.41, 5.74) is 2.26. The van der Waals surface area contributed by atoms with Crippen LogP contribution in [0.3, 0.4) is 0 Å². The highest BCUT2D eigenvalue weighted by molar-refractivity contribution is 5.82. The molecule has 0 aliphatic heterocycles. The molecule has 0 unspecified atom stereocenters. The lowest BCUT2D eigenvalue weighted by Crippen LogP contribution is -2.44. The van der Waals surface area contributed by atoms with Crippen molar-refractivity contribution >= 4 is 11.8 Å². The molecule has 0 saturated carbocycles. The fourth-order valence-corrected chi connectivity index (χ4v) is 2.81. The van der Waals surface area contributed by atoms with Crippen molar-refractivity contribution < 1.29 is 19.1 Å². The molecule has 2 rings (SSSR count). The highest BCUT2D eigenvalue weighted by Gasteiger charge is 2.20. The van der Waals surface area contributed by atoms with Crippen LogP contribution in [0.25, 0.3) is 0 Å². The van der Waals surface area contributed by atoms with Crippen LogP contribution in [0.2, 0.25) is 0 Å². The zero-order chi connectivity index (χ0) is 21.9. The van der Waals surface area contributed by atoms with Gasteiger partial charge in [-0.15, -0.1) is 0 Å². The second-order valence-corrected chi connectivity index (χ2v) is 7.24. The minimum atomic E-state index is -0.573. The molecule has 0 aliphatic carbocycles. The Morgan fingerprint density at radius 2 is 1.03 bits per heavy atom. The molecule has 2 atom stereocenters. The van der Waals surface area contributed by atoms with Gasteiger partial charge in [0, 0.05) is 13.1 Å². The van der Waals surface area contributed by atoms with E-state index in [0.717, 1.165) is 11.1 Å². The molecule has 0 radical (unpaired) electrons. The summed E-state index contributed by atoms with van der Waals surface area (Å²) in [5.74, 6) is 0.926. The Bertz CT molecular complexity index is 733. The minimum Gasteiger partial charge on any atom is -0.481 e. The van der Waals surface area contributed by atoms with Gasteiger partial charge in [0.25, 0.3) is 11.8 Å². The van der Waals surface area contributed by atoms with E-state index in [1.807, 2.05) is 76.2 Å². The van der Waals surface area contributed by atoms with Crippen LogP contribution in [-0.2, 0) is 9.59 Å². The van der Waals surface area contributed by atoms with Crippen LogP contribution in [0.4, 0.5) is 0 Å². The first-order valence-electron chi connectivity index (χ1n) is 10.4. The number of carbonyl (C=O) groups is 2. The smallest absolute Gasteiger partial charge is 0.261 e. The van der Waals surface area contributed by atoms with Gasteiger partial charge in [-0.25, -0.2) is 0 Å². The SMILES string of the molecule is CC[C@H](Oc1ccc(C)cc1)C(=O)NCCNC(=O)[C@@H](CC)Oc1ccc(C)cc1. The highest BCUT2D eigenvalue weighted by atomic mass is 16.5. The maximum atomic E-state index is 12.4. The van der Waals surface area contributed by atoms with Crippen LogP contribution in [0.15, 0.2) is 48.5 Å². The Labute approximate surface area is 179 Å². The molecule has 0 saturated heterocycles. The number of nitrogens with one attached hydrogen (secondary N) is 2. The number of benzene rings is 2. The van der Waals surface area contributed by atoms with E-state index in [0.29, 0.717) is 37.4 Å². The number of rotatable bonds is 11. The topological polar surface area (TPSA) is 76.7 Å². The van der Waals surface area contributed by atoms with Crippen molar-refractivity contribution in [1.82, 2.24) is 10.6 Å². The predicted octanol–water partition coefficient (Wildman–Crippen LogP) is 3.55. The lowest BCUT2D eigenvalue weighted by atomic mass is 10.2. The van der Waals surface area contributed by atoms with E-state index in [-0.39, 0.29) is 11.8 Å². The summed E-state index contributed by atoms with van der Waals surface area (Å²) in [6, 6.07) is 15.2. The zero-order valence-electron chi connectivity index (χ0n) is 18.2. The van der Waals surface area contributed by atoms with Gasteiger partial charge in [-0.3, -0.25) is 9.59 Å². The van der Waals surface area contributed by atoms with Crippen molar-refractivity contribution in [2.24, 2.45) is 0 Å². The zero-order valence-corrected chi connectivity index (χ0v) is 18.2. The van der Waals surface area contributed by atoms with Crippen molar-refractivity contribution in [3.8, 4) is 11.5 Å². The van der Waals surface area contributed by atoms with Crippen molar-refractivity contribution in [3.05, 3.63) is 59.7 Å². The average Bonchev–Trinajstić information content (AvgIpc) is 2.75.